The SMILES string of the molecule is CSC(=O)C1OC1C(=O)O. The van der Waals surface area contributed by atoms with E-state index in [1.807, 2.05) is 0 Å². The molecular weight excluding hydrogens is 156 g/mol. The van der Waals surface area contributed by atoms with Gasteiger partial charge in [0.05, 0.1) is 0 Å². The van der Waals surface area contributed by atoms with Gasteiger partial charge in [0.1, 0.15) is 0 Å². The predicted octanol–water partition coefficient (Wildman–Crippen LogP) is -0.272. The fourth-order valence-electron chi connectivity index (χ4n) is 0.596. The summed E-state index contributed by atoms with van der Waals surface area (Å²) in [4.78, 5) is 20.8. The number of thioether (sulfide) groups is 1. The minimum absolute atomic E-state index is 0.215. The third kappa shape index (κ3) is 1.30. The van der Waals surface area contributed by atoms with Gasteiger partial charge in [-0.2, -0.15) is 0 Å². The largest absolute Gasteiger partial charge is 0.479 e. The topological polar surface area (TPSA) is 66.9 Å². The Morgan fingerprint density at radius 3 is 2.40 bits per heavy atom. The van der Waals surface area contributed by atoms with Crippen molar-refractivity contribution in [2.24, 2.45) is 0 Å². The van der Waals surface area contributed by atoms with Crippen molar-refractivity contribution >= 4 is 22.8 Å². The minimum Gasteiger partial charge on any atom is -0.479 e. The average Bonchev–Trinajstić information content (AvgIpc) is 2.64. The first-order valence-corrected chi connectivity index (χ1v) is 3.85. The van der Waals surface area contributed by atoms with Crippen LogP contribution in [0, 0.1) is 0 Å². The minimum atomic E-state index is -1.06. The Morgan fingerprint density at radius 1 is 1.50 bits per heavy atom. The van der Waals surface area contributed by atoms with Gasteiger partial charge in [0.15, 0.2) is 12.2 Å². The highest BCUT2D eigenvalue weighted by molar-refractivity contribution is 8.13. The lowest BCUT2D eigenvalue weighted by molar-refractivity contribution is -0.138. The lowest BCUT2D eigenvalue weighted by Crippen LogP contribution is -2.12. The van der Waals surface area contributed by atoms with Gasteiger partial charge in [-0.25, -0.2) is 4.79 Å². The lowest BCUT2D eigenvalue weighted by Gasteiger charge is -1.84. The maximum absolute atomic E-state index is 10.7. The van der Waals surface area contributed by atoms with E-state index in [1.54, 1.807) is 6.26 Å². The van der Waals surface area contributed by atoms with E-state index in [4.69, 9.17) is 5.11 Å². The van der Waals surface area contributed by atoms with Crippen LogP contribution in [0.3, 0.4) is 0 Å². The first kappa shape index (κ1) is 7.56. The van der Waals surface area contributed by atoms with Gasteiger partial charge >= 0.3 is 5.97 Å². The smallest absolute Gasteiger partial charge is 0.336 e. The number of aliphatic carboxylic acids is 1. The van der Waals surface area contributed by atoms with Crippen LogP contribution in [-0.4, -0.2) is 34.7 Å². The Kier molecular flexibility index (Phi) is 1.96. The van der Waals surface area contributed by atoms with Crippen LogP contribution in [0.2, 0.25) is 0 Å². The second-order valence-corrected chi connectivity index (χ2v) is 2.65. The van der Waals surface area contributed by atoms with E-state index in [-0.39, 0.29) is 5.12 Å². The number of epoxide rings is 1. The summed E-state index contributed by atoms with van der Waals surface area (Å²) in [6.45, 7) is 0. The molecule has 4 nitrogen and oxygen atoms in total. The van der Waals surface area contributed by atoms with Crippen molar-refractivity contribution in [2.75, 3.05) is 6.26 Å². The van der Waals surface area contributed by atoms with Gasteiger partial charge in [0.2, 0.25) is 5.12 Å². The Labute approximate surface area is 61.5 Å². The van der Waals surface area contributed by atoms with Crippen LogP contribution in [0.1, 0.15) is 0 Å². The molecule has 0 aromatic heterocycles. The summed E-state index contributed by atoms with van der Waals surface area (Å²) >= 11 is 0.989. The van der Waals surface area contributed by atoms with Gasteiger partial charge in [-0.05, 0) is 6.26 Å². The zero-order valence-corrected chi connectivity index (χ0v) is 6.05. The number of ether oxygens (including phenoxy) is 1. The molecule has 56 valence electrons. The molecule has 0 radical (unpaired) electrons. The van der Waals surface area contributed by atoms with Gasteiger partial charge in [0.25, 0.3) is 0 Å². The highest BCUT2D eigenvalue weighted by atomic mass is 32.2. The van der Waals surface area contributed by atoms with Crippen LogP contribution in [0.25, 0.3) is 0 Å². The van der Waals surface area contributed by atoms with Crippen molar-refractivity contribution in [1.82, 2.24) is 0 Å². The predicted molar refractivity (Wildman–Crippen MR) is 34.8 cm³/mol. The lowest BCUT2D eigenvalue weighted by atomic mass is 10.3. The van der Waals surface area contributed by atoms with Crippen LogP contribution in [-0.2, 0) is 14.3 Å². The molecule has 1 rings (SSSR count). The van der Waals surface area contributed by atoms with Crippen molar-refractivity contribution < 1.29 is 19.4 Å². The summed E-state index contributed by atoms with van der Waals surface area (Å²) < 4.78 is 4.56. The van der Waals surface area contributed by atoms with E-state index in [1.165, 1.54) is 0 Å². The van der Waals surface area contributed by atoms with E-state index in [2.05, 4.69) is 4.74 Å². The van der Waals surface area contributed by atoms with Crippen molar-refractivity contribution in [3.8, 4) is 0 Å². The van der Waals surface area contributed by atoms with E-state index in [0.29, 0.717) is 0 Å². The molecule has 1 fully saturated rings. The normalized spacial score (nSPS) is 29.7. The molecule has 0 spiro atoms. The van der Waals surface area contributed by atoms with Crippen molar-refractivity contribution in [3.05, 3.63) is 0 Å². The summed E-state index contributed by atoms with van der Waals surface area (Å²) in [6.07, 6.45) is 0.00980. The molecule has 1 heterocycles. The van der Waals surface area contributed by atoms with Crippen molar-refractivity contribution in [3.63, 3.8) is 0 Å². The molecule has 10 heavy (non-hydrogen) atoms. The van der Waals surface area contributed by atoms with Gasteiger partial charge < -0.3 is 9.84 Å². The molecule has 1 aliphatic heterocycles. The molecule has 0 saturated carbocycles. The summed E-state index contributed by atoms with van der Waals surface area (Å²) in [7, 11) is 0. The summed E-state index contributed by atoms with van der Waals surface area (Å²) in [5.74, 6) is -1.06. The maximum atomic E-state index is 10.7. The Balaban J connectivity index is 2.38. The molecular formula is C5H6O4S. The number of rotatable bonds is 2. The average molecular weight is 162 g/mol. The molecule has 2 atom stereocenters. The van der Waals surface area contributed by atoms with Crippen molar-refractivity contribution in [1.29, 1.82) is 0 Å². The number of carbonyl (C=O) groups is 2. The first-order chi connectivity index (χ1) is 4.66. The zero-order chi connectivity index (χ0) is 7.72. The Hall–Kier alpha value is -0.550. The number of carbonyl (C=O) groups excluding carboxylic acids is 1. The second kappa shape index (κ2) is 2.59. The first-order valence-electron chi connectivity index (χ1n) is 2.63. The van der Waals surface area contributed by atoms with Gasteiger partial charge in [-0.15, -0.1) is 0 Å². The van der Waals surface area contributed by atoms with Gasteiger partial charge in [-0.1, -0.05) is 11.8 Å². The molecule has 1 N–H and O–H groups in total. The Morgan fingerprint density at radius 2 is 2.10 bits per heavy atom. The number of carboxylic acid groups (broad SMARTS) is 1. The monoisotopic (exact) mass is 162 g/mol. The van der Waals surface area contributed by atoms with E-state index in [0.717, 1.165) is 11.8 Å². The molecule has 0 aromatic carbocycles. The molecule has 0 aromatic rings. The van der Waals surface area contributed by atoms with Crippen LogP contribution in [0.15, 0.2) is 0 Å². The molecule has 0 aliphatic carbocycles. The highest BCUT2D eigenvalue weighted by Gasteiger charge is 2.50. The van der Waals surface area contributed by atoms with Crippen LogP contribution >= 0.6 is 11.8 Å². The molecule has 1 aliphatic rings. The number of carboxylic acids is 1. The molecule has 0 bridgehead atoms. The third-order valence-electron chi connectivity index (χ3n) is 1.17. The van der Waals surface area contributed by atoms with E-state index < -0.39 is 18.2 Å². The molecule has 1 saturated heterocycles. The highest BCUT2D eigenvalue weighted by Crippen LogP contribution is 2.26. The third-order valence-corrected chi connectivity index (χ3v) is 1.80. The van der Waals surface area contributed by atoms with Crippen LogP contribution in [0.4, 0.5) is 0 Å². The molecule has 2 unspecified atom stereocenters. The van der Waals surface area contributed by atoms with E-state index >= 15 is 0 Å². The zero-order valence-electron chi connectivity index (χ0n) is 5.23. The Bertz CT molecular complexity index is 178. The quantitative estimate of drug-likeness (QED) is 0.566. The van der Waals surface area contributed by atoms with E-state index in [9.17, 15) is 9.59 Å². The summed E-state index contributed by atoms with van der Waals surface area (Å²) in [5, 5.41) is 8.07. The number of hydrogen-bond donors (Lipinski definition) is 1. The maximum Gasteiger partial charge on any atom is 0.336 e. The van der Waals surface area contributed by atoms with Gasteiger partial charge in [-0.3, -0.25) is 4.79 Å². The summed E-state index contributed by atoms with van der Waals surface area (Å²) in [5.41, 5.74) is 0. The standard InChI is InChI=1S/C5H6O4S/c1-10-5(8)3-2(9-3)4(6)7/h2-3H,1H3,(H,6,7). The molecule has 0 amide bonds. The van der Waals surface area contributed by atoms with Crippen LogP contribution in [0.5, 0.6) is 0 Å². The van der Waals surface area contributed by atoms with Crippen molar-refractivity contribution in [2.45, 2.75) is 12.2 Å². The van der Waals surface area contributed by atoms with Gasteiger partial charge in [0, 0.05) is 0 Å². The second-order valence-electron chi connectivity index (χ2n) is 1.84. The fraction of sp³-hybridized carbons (Fsp3) is 0.600. The summed E-state index contributed by atoms with van der Waals surface area (Å²) in [6, 6.07) is 0. The van der Waals surface area contributed by atoms with Crippen LogP contribution < -0.4 is 0 Å². The fourth-order valence-corrected chi connectivity index (χ4v) is 1.01. The molecule has 5 heteroatoms. The number of hydrogen-bond acceptors (Lipinski definition) is 4.